The fourth-order valence-electron chi connectivity index (χ4n) is 2.16. The van der Waals surface area contributed by atoms with Crippen molar-refractivity contribution in [3.8, 4) is 0 Å². The van der Waals surface area contributed by atoms with Crippen LogP contribution in [0, 0.1) is 19.7 Å². The Hall–Kier alpha value is -2.21. The highest BCUT2D eigenvalue weighted by molar-refractivity contribution is 7.15. The second-order valence-electron chi connectivity index (χ2n) is 4.89. The lowest BCUT2D eigenvalue weighted by Crippen LogP contribution is -2.16. The molecular weight excluding hydrogens is 289 g/mol. The van der Waals surface area contributed by atoms with E-state index in [4.69, 9.17) is 0 Å². The smallest absolute Gasteiger partial charge is 0.259 e. The van der Waals surface area contributed by atoms with E-state index in [1.807, 2.05) is 19.2 Å². The molecule has 4 nitrogen and oxygen atoms in total. The predicted octanol–water partition coefficient (Wildman–Crippen LogP) is 3.12. The van der Waals surface area contributed by atoms with Crippen molar-refractivity contribution in [1.82, 2.24) is 9.38 Å². The highest BCUT2D eigenvalue weighted by Gasteiger charge is 2.07. The molecule has 0 aliphatic rings. The molecule has 2 heterocycles. The number of anilines is 1. The molecule has 0 radical (unpaired) electrons. The summed E-state index contributed by atoms with van der Waals surface area (Å²) < 4.78 is 14.8. The third-order valence-corrected chi connectivity index (χ3v) is 4.23. The summed E-state index contributed by atoms with van der Waals surface area (Å²) in [5, 5.41) is 5.02. The van der Waals surface area contributed by atoms with Crippen LogP contribution in [0.4, 0.5) is 10.1 Å². The van der Waals surface area contributed by atoms with Gasteiger partial charge in [-0.2, -0.15) is 0 Å². The largest absolute Gasteiger partial charge is 0.379 e. The maximum Gasteiger partial charge on any atom is 0.259 e. The van der Waals surface area contributed by atoms with E-state index < -0.39 is 0 Å². The van der Waals surface area contributed by atoms with Crippen molar-refractivity contribution in [1.29, 1.82) is 0 Å². The number of nitrogens with zero attached hydrogens (tertiary/aromatic N) is 2. The highest BCUT2D eigenvalue weighted by Crippen LogP contribution is 2.17. The minimum atomic E-state index is -0.291. The number of thiazole rings is 1. The van der Waals surface area contributed by atoms with Crippen LogP contribution in [-0.4, -0.2) is 9.38 Å². The highest BCUT2D eigenvalue weighted by atomic mass is 32.1. The minimum Gasteiger partial charge on any atom is -0.379 e. The molecule has 0 aliphatic heterocycles. The lowest BCUT2D eigenvalue weighted by Gasteiger charge is -2.09. The number of fused-ring (bicyclic) bond motifs is 1. The second kappa shape index (κ2) is 5.29. The average Bonchev–Trinajstić information content (AvgIpc) is 2.82. The van der Waals surface area contributed by atoms with Crippen molar-refractivity contribution >= 4 is 22.0 Å². The first-order chi connectivity index (χ1) is 10.0. The quantitative estimate of drug-likeness (QED) is 0.808. The Labute approximate surface area is 124 Å². The van der Waals surface area contributed by atoms with Crippen LogP contribution in [0.1, 0.15) is 17.0 Å². The predicted molar refractivity (Wildman–Crippen MR) is 82.5 cm³/mol. The first kappa shape index (κ1) is 13.8. The Balaban J connectivity index is 1.88. The van der Waals surface area contributed by atoms with Crippen LogP contribution in [0.25, 0.3) is 4.96 Å². The Morgan fingerprint density at radius 1 is 1.33 bits per heavy atom. The minimum absolute atomic E-state index is 0.0912. The van der Waals surface area contributed by atoms with Crippen LogP contribution >= 0.6 is 11.3 Å². The number of hydrogen-bond donors (Lipinski definition) is 1. The summed E-state index contributed by atoms with van der Waals surface area (Å²) in [6.07, 6.45) is 0. The van der Waals surface area contributed by atoms with Crippen molar-refractivity contribution < 1.29 is 4.39 Å². The fraction of sp³-hybridized carbons (Fsp3) is 0.200. The molecule has 3 rings (SSSR count). The van der Waals surface area contributed by atoms with Crippen molar-refractivity contribution in [3.05, 3.63) is 62.8 Å². The zero-order valence-electron chi connectivity index (χ0n) is 11.7. The SMILES string of the molecule is Cc1ccc(F)cc1NCc1cc(=O)n2c(C)csc2n1. The molecule has 1 aromatic carbocycles. The van der Waals surface area contributed by atoms with Gasteiger partial charge in [-0.05, 0) is 31.5 Å². The van der Waals surface area contributed by atoms with Crippen LogP contribution in [-0.2, 0) is 6.54 Å². The Morgan fingerprint density at radius 3 is 2.95 bits per heavy atom. The number of aromatic nitrogens is 2. The molecule has 2 aromatic heterocycles. The van der Waals surface area contributed by atoms with Crippen molar-refractivity contribution in [2.45, 2.75) is 20.4 Å². The van der Waals surface area contributed by atoms with Crippen molar-refractivity contribution in [2.24, 2.45) is 0 Å². The van der Waals surface area contributed by atoms with Gasteiger partial charge in [0.25, 0.3) is 5.56 Å². The van der Waals surface area contributed by atoms with Gasteiger partial charge in [-0.15, -0.1) is 11.3 Å². The number of benzene rings is 1. The van der Waals surface area contributed by atoms with E-state index in [1.165, 1.54) is 29.5 Å². The normalized spacial score (nSPS) is 11.0. The summed E-state index contributed by atoms with van der Waals surface area (Å²) in [6, 6.07) is 6.09. The summed E-state index contributed by atoms with van der Waals surface area (Å²) in [5.41, 5.74) is 3.09. The van der Waals surface area contributed by atoms with Crippen LogP contribution in [0.5, 0.6) is 0 Å². The maximum atomic E-state index is 13.2. The summed E-state index contributed by atoms with van der Waals surface area (Å²) in [6.45, 7) is 4.16. The van der Waals surface area contributed by atoms with Gasteiger partial charge in [-0.25, -0.2) is 9.37 Å². The van der Waals surface area contributed by atoms with Crippen LogP contribution in [0.3, 0.4) is 0 Å². The van der Waals surface area contributed by atoms with Gasteiger partial charge in [0.2, 0.25) is 0 Å². The Kier molecular flexibility index (Phi) is 3.47. The standard InChI is InChI=1S/C15H14FN3OS/c1-9-3-4-11(16)5-13(9)17-7-12-6-14(20)19-10(2)8-21-15(19)18-12/h3-6,8,17H,7H2,1-2H3. The molecule has 0 fully saturated rings. The molecule has 21 heavy (non-hydrogen) atoms. The molecule has 0 saturated carbocycles. The first-order valence-electron chi connectivity index (χ1n) is 6.51. The second-order valence-corrected chi connectivity index (χ2v) is 5.73. The summed E-state index contributed by atoms with van der Waals surface area (Å²) >= 11 is 1.43. The van der Waals surface area contributed by atoms with E-state index in [-0.39, 0.29) is 11.4 Å². The van der Waals surface area contributed by atoms with Gasteiger partial charge < -0.3 is 5.32 Å². The van der Waals surface area contributed by atoms with E-state index in [9.17, 15) is 9.18 Å². The molecule has 0 spiro atoms. The molecular formula is C15H14FN3OS. The number of halogens is 1. The molecule has 0 aliphatic carbocycles. The van der Waals surface area contributed by atoms with Gasteiger partial charge in [0.1, 0.15) is 5.82 Å². The summed E-state index contributed by atoms with van der Waals surface area (Å²) in [5.74, 6) is -0.291. The zero-order chi connectivity index (χ0) is 15.0. The fourth-order valence-corrected chi connectivity index (χ4v) is 3.05. The van der Waals surface area contributed by atoms with Gasteiger partial charge in [-0.1, -0.05) is 6.07 Å². The number of nitrogens with one attached hydrogen (secondary N) is 1. The average molecular weight is 303 g/mol. The van der Waals surface area contributed by atoms with E-state index in [2.05, 4.69) is 10.3 Å². The molecule has 0 unspecified atom stereocenters. The van der Waals surface area contributed by atoms with Crippen molar-refractivity contribution in [2.75, 3.05) is 5.32 Å². The molecule has 0 amide bonds. The Bertz CT molecular complexity index is 869. The molecule has 0 atom stereocenters. The van der Waals surface area contributed by atoms with Crippen LogP contribution in [0.15, 0.2) is 34.4 Å². The number of aryl methyl sites for hydroxylation is 2. The Morgan fingerprint density at radius 2 is 2.14 bits per heavy atom. The maximum absolute atomic E-state index is 13.2. The lowest BCUT2D eigenvalue weighted by atomic mass is 10.2. The van der Waals surface area contributed by atoms with Crippen molar-refractivity contribution in [3.63, 3.8) is 0 Å². The number of rotatable bonds is 3. The molecule has 1 N–H and O–H groups in total. The van der Waals surface area contributed by atoms with Gasteiger partial charge >= 0.3 is 0 Å². The zero-order valence-corrected chi connectivity index (χ0v) is 12.5. The lowest BCUT2D eigenvalue weighted by molar-refractivity contribution is 0.628. The number of hydrogen-bond acceptors (Lipinski definition) is 4. The third-order valence-electron chi connectivity index (χ3n) is 3.29. The van der Waals surface area contributed by atoms with Gasteiger partial charge in [0, 0.05) is 22.8 Å². The van der Waals surface area contributed by atoms with Gasteiger partial charge in [-0.3, -0.25) is 9.20 Å². The molecule has 3 aromatic rings. The van der Waals surface area contributed by atoms with Crippen LogP contribution < -0.4 is 10.9 Å². The molecule has 0 bridgehead atoms. The topological polar surface area (TPSA) is 46.4 Å². The van der Waals surface area contributed by atoms with Gasteiger partial charge in [0.15, 0.2) is 4.96 Å². The molecule has 0 saturated heterocycles. The summed E-state index contributed by atoms with van der Waals surface area (Å²) in [7, 11) is 0. The monoisotopic (exact) mass is 303 g/mol. The van der Waals surface area contributed by atoms with Gasteiger partial charge in [0.05, 0.1) is 12.2 Å². The first-order valence-corrected chi connectivity index (χ1v) is 7.39. The summed E-state index contributed by atoms with van der Waals surface area (Å²) in [4.78, 5) is 17.2. The molecule has 108 valence electrons. The van der Waals surface area contributed by atoms with E-state index in [1.54, 1.807) is 10.5 Å². The van der Waals surface area contributed by atoms with E-state index in [0.29, 0.717) is 22.9 Å². The van der Waals surface area contributed by atoms with E-state index in [0.717, 1.165) is 11.3 Å². The van der Waals surface area contributed by atoms with E-state index >= 15 is 0 Å². The third kappa shape index (κ3) is 2.67. The van der Waals surface area contributed by atoms with Crippen LogP contribution in [0.2, 0.25) is 0 Å². The molecule has 6 heteroatoms.